The van der Waals surface area contributed by atoms with Gasteiger partial charge in [0.2, 0.25) is 0 Å². The van der Waals surface area contributed by atoms with Crippen LogP contribution < -0.4 is 5.32 Å². The molecule has 0 bridgehead atoms. The molecular weight excluding hydrogens is 254 g/mol. The number of hydrogen-bond acceptors (Lipinski definition) is 1. The maximum absolute atomic E-state index is 3.55. The Kier molecular flexibility index (Phi) is 4.92. The Hall–Kier alpha value is -1.34. The van der Waals surface area contributed by atoms with Crippen LogP contribution >= 0.6 is 0 Å². The lowest BCUT2D eigenvalue weighted by Gasteiger charge is -2.26. The van der Waals surface area contributed by atoms with Crippen molar-refractivity contribution in [2.75, 3.05) is 7.05 Å². The van der Waals surface area contributed by atoms with Crippen LogP contribution in [0.2, 0.25) is 0 Å². The van der Waals surface area contributed by atoms with Gasteiger partial charge >= 0.3 is 0 Å². The summed E-state index contributed by atoms with van der Waals surface area (Å²) in [7, 11) is 2.12. The summed E-state index contributed by atoms with van der Waals surface area (Å²) in [5.41, 5.74) is 1.46. The molecule has 21 heavy (non-hydrogen) atoms. The summed E-state index contributed by atoms with van der Waals surface area (Å²) in [5, 5.41) is 6.25. The van der Waals surface area contributed by atoms with Crippen molar-refractivity contribution < 1.29 is 0 Å². The summed E-state index contributed by atoms with van der Waals surface area (Å²) < 4.78 is 0. The smallest absolute Gasteiger partial charge is 0.0107 e. The zero-order valence-electron chi connectivity index (χ0n) is 13.1. The standard InChI is InChI=1S/C20H27N/c1-21-20(14-16-7-3-2-4-8-16)15-17-11-12-18-9-5-6-10-19(18)13-17/h5-6,9-13,16,20-21H,2-4,7-8,14-15H2,1H3. The number of likely N-dealkylation sites (N-methyl/N-ethyl adjacent to an activating group) is 1. The Morgan fingerprint density at radius 1 is 1.00 bits per heavy atom. The molecule has 0 amide bonds. The highest BCUT2D eigenvalue weighted by atomic mass is 14.9. The van der Waals surface area contributed by atoms with Crippen LogP contribution in [0.15, 0.2) is 42.5 Å². The second kappa shape index (κ2) is 7.09. The summed E-state index contributed by atoms with van der Waals surface area (Å²) in [5.74, 6) is 0.941. The lowest BCUT2D eigenvalue weighted by atomic mass is 9.83. The largest absolute Gasteiger partial charge is 0.317 e. The van der Waals surface area contributed by atoms with Gasteiger partial charge in [-0.2, -0.15) is 0 Å². The first-order valence-electron chi connectivity index (χ1n) is 8.50. The number of fused-ring (bicyclic) bond motifs is 1. The third-order valence-electron chi connectivity index (χ3n) is 5.05. The Balaban J connectivity index is 1.66. The van der Waals surface area contributed by atoms with Gasteiger partial charge in [-0.3, -0.25) is 0 Å². The molecule has 1 nitrogen and oxygen atoms in total. The minimum Gasteiger partial charge on any atom is -0.317 e. The summed E-state index contributed by atoms with van der Waals surface area (Å²) >= 11 is 0. The molecule has 1 aliphatic carbocycles. The fraction of sp³-hybridized carbons (Fsp3) is 0.500. The Labute approximate surface area is 128 Å². The fourth-order valence-electron chi connectivity index (χ4n) is 3.78. The lowest BCUT2D eigenvalue weighted by molar-refractivity contribution is 0.303. The predicted octanol–water partition coefficient (Wildman–Crippen LogP) is 4.94. The SMILES string of the molecule is CNC(Cc1ccc2ccccc2c1)CC1CCCCC1. The van der Waals surface area contributed by atoms with Crippen LogP contribution in [0.4, 0.5) is 0 Å². The minimum absolute atomic E-state index is 0.620. The summed E-state index contributed by atoms with van der Waals surface area (Å²) in [6.07, 6.45) is 9.70. The van der Waals surface area contributed by atoms with Crippen molar-refractivity contribution in [3.05, 3.63) is 48.0 Å². The quantitative estimate of drug-likeness (QED) is 0.818. The van der Waals surface area contributed by atoms with Crippen LogP contribution in [0, 0.1) is 5.92 Å². The van der Waals surface area contributed by atoms with E-state index >= 15 is 0 Å². The molecule has 1 atom stereocenters. The number of rotatable bonds is 5. The molecule has 0 aliphatic heterocycles. The molecule has 0 radical (unpaired) electrons. The monoisotopic (exact) mass is 281 g/mol. The zero-order valence-corrected chi connectivity index (χ0v) is 13.1. The van der Waals surface area contributed by atoms with Crippen LogP contribution in [-0.4, -0.2) is 13.1 Å². The molecule has 2 aromatic carbocycles. The average Bonchev–Trinajstić information content (AvgIpc) is 2.55. The van der Waals surface area contributed by atoms with E-state index < -0.39 is 0 Å². The molecule has 0 heterocycles. The summed E-state index contributed by atoms with van der Waals surface area (Å²) in [4.78, 5) is 0. The van der Waals surface area contributed by atoms with E-state index in [4.69, 9.17) is 0 Å². The van der Waals surface area contributed by atoms with E-state index in [1.165, 1.54) is 54.9 Å². The zero-order chi connectivity index (χ0) is 14.5. The molecule has 0 spiro atoms. The fourth-order valence-corrected chi connectivity index (χ4v) is 3.78. The van der Waals surface area contributed by atoms with Gasteiger partial charge in [-0.15, -0.1) is 0 Å². The lowest BCUT2D eigenvalue weighted by Crippen LogP contribution is -2.30. The molecule has 1 unspecified atom stereocenters. The van der Waals surface area contributed by atoms with Gasteiger partial charge < -0.3 is 5.32 Å². The van der Waals surface area contributed by atoms with Crippen molar-refractivity contribution in [2.45, 2.75) is 51.0 Å². The summed E-state index contributed by atoms with van der Waals surface area (Å²) in [6.45, 7) is 0. The van der Waals surface area contributed by atoms with E-state index in [1.54, 1.807) is 0 Å². The van der Waals surface area contributed by atoms with E-state index in [0.29, 0.717) is 6.04 Å². The van der Waals surface area contributed by atoms with Crippen LogP contribution in [0.1, 0.15) is 44.1 Å². The molecule has 2 aromatic rings. The second-order valence-electron chi connectivity index (χ2n) is 6.61. The third kappa shape index (κ3) is 3.85. The van der Waals surface area contributed by atoms with Gasteiger partial charge in [0.1, 0.15) is 0 Å². The predicted molar refractivity (Wildman–Crippen MR) is 91.7 cm³/mol. The molecule has 0 saturated heterocycles. The highest BCUT2D eigenvalue weighted by Gasteiger charge is 2.18. The molecule has 0 aromatic heterocycles. The Bertz CT molecular complexity index is 569. The van der Waals surface area contributed by atoms with Gasteiger partial charge in [-0.25, -0.2) is 0 Å². The van der Waals surface area contributed by atoms with Crippen LogP contribution in [0.25, 0.3) is 10.8 Å². The van der Waals surface area contributed by atoms with Gasteiger partial charge in [-0.1, -0.05) is 74.6 Å². The maximum atomic E-state index is 3.55. The first-order chi connectivity index (χ1) is 10.3. The highest BCUT2D eigenvalue weighted by molar-refractivity contribution is 5.82. The van der Waals surface area contributed by atoms with Crippen LogP contribution in [0.3, 0.4) is 0 Å². The van der Waals surface area contributed by atoms with E-state index in [9.17, 15) is 0 Å². The van der Waals surface area contributed by atoms with Crippen molar-refractivity contribution in [3.63, 3.8) is 0 Å². The van der Waals surface area contributed by atoms with Crippen molar-refractivity contribution >= 4 is 10.8 Å². The van der Waals surface area contributed by atoms with Crippen molar-refractivity contribution in [2.24, 2.45) is 5.92 Å². The molecule has 1 heteroatoms. The molecule has 3 rings (SSSR count). The second-order valence-corrected chi connectivity index (χ2v) is 6.61. The van der Waals surface area contributed by atoms with E-state index in [2.05, 4.69) is 54.8 Å². The first kappa shape index (κ1) is 14.6. The van der Waals surface area contributed by atoms with E-state index in [-0.39, 0.29) is 0 Å². The van der Waals surface area contributed by atoms with Gasteiger partial charge in [-0.05, 0) is 42.1 Å². The summed E-state index contributed by atoms with van der Waals surface area (Å²) in [6, 6.07) is 16.2. The third-order valence-corrected chi connectivity index (χ3v) is 5.05. The van der Waals surface area contributed by atoms with Gasteiger partial charge in [0.25, 0.3) is 0 Å². The maximum Gasteiger partial charge on any atom is 0.0107 e. The number of benzene rings is 2. The molecule has 1 fully saturated rings. The molecule has 112 valence electrons. The molecular formula is C20H27N. The number of hydrogen-bond donors (Lipinski definition) is 1. The molecule has 1 N–H and O–H groups in total. The van der Waals surface area contributed by atoms with Crippen molar-refractivity contribution in [1.82, 2.24) is 5.32 Å². The van der Waals surface area contributed by atoms with E-state index in [1.807, 2.05) is 0 Å². The molecule has 1 saturated carbocycles. The van der Waals surface area contributed by atoms with Gasteiger partial charge in [0, 0.05) is 6.04 Å². The molecule has 1 aliphatic rings. The highest BCUT2D eigenvalue weighted by Crippen LogP contribution is 2.28. The van der Waals surface area contributed by atoms with Crippen molar-refractivity contribution in [3.8, 4) is 0 Å². The van der Waals surface area contributed by atoms with Crippen LogP contribution in [-0.2, 0) is 6.42 Å². The van der Waals surface area contributed by atoms with Crippen LogP contribution in [0.5, 0.6) is 0 Å². The average molecular weight is 281 g/mol. The Morgan fingerprint density at radius 2 is 1.76 bits per heavy atom. The number of nitrogens with one attached hydrogen (secondary N) is 1. The van der Waals surface area contributed by atoms with Gasteiger partial charge in [0.15, 0.2) is 0 Å². The normalized spacial score (nSPS) is 18.0. The topological polar surface area (TPSA) is 12.0 Å². The van der Waals surface area contributed by atoms with E-state index in [0.717, 1.165) is 12.3 Å². The first-order valence-corrected chi connectivity index (χ1v) is 8.50. The Morgan fingerprint density at radius 3 is 2.52 bits per heavy atom. The minimum atomic E-state index is 0.620. The van der Waals surface area contributed by atoms with Crippen molar-refractivity contribution in [1.29, 1.82) is 0 Å². The van der Waals surface area contributed by atoms with Gasteiger partial charge in [0.05, 0.1) is 0 Å².